The molecule has 0 radical (unpaired) electrons. The van der Waals surface area contributed by atoms with Crippen molar-refractivity contribution >= 4 is 29.1 Å². The summed E-state index contributed by atoms with van der Waals surface area (Å²) in [4.78, 5) is 34.9. The van der Waals surface area contributed by atoms with E-state index in [0.717, 1.165) is 5.56 Å². The van der Waals surface area contributed by atoms with Gasteiger partial charge in [-0.25, -0.2) is 0 Å². The summed E-state index contributed by atoms with van der Waals surface area (Å²) < 4.78 is 0. The summed E-state index contributed by atoms with van der Waals surface area (Å²) in [6, 6.07) is 16.7. The van der Waals surface area contributed by atoms with Gasteiger partial charge in [-0.1, -0.05) is 30.3 Å². The first kappa shape index (κ1) is 19.2. The Bertz CT molecular complexity index is 743. The van der Waals surface area contributed by atoms with Gasteiger partial charge in [0, 0.05) is 37.7 Å². The van der Waals surface area contributed by atoms with Crippen LogP contribution in [-0.2, 0) is 20.8 Å². The SMILES string of the molecule is CNC(=O)CCC(=O)Nc1ccc(NC(=O)CCc2ccccc2)cc1. The van der Waals surface area contributed by atoms with E-state index in [2.05, 4.69) is 16.0 Å². The van der Waals surface area contributed by atoms with Gasteiger partial charge in [0.2, 0.25) is 17.7 Å². The normalized spacial score (nSPS) is 10.0. The molecule has 0 spiro atoms. The molecule has 6 nitrogen and oxygen atoms in total. The summed E-state index contributed by atoms with van der Waals surface area (Å²) in [7, 11) is 1.53. The van der Waals surface area contributed by atoms with Crippen LogP contribution in [0.4, 0.5) is 11.4 Å². The second kappa shape index (κ2) is 9.98. The summed E-state index contributed by atoms with van der Waals surface area (Å²) >= 11 is 0. The minimum absolute atomic E-state index is 0.0591. The van der Waals surface area contributed by atoms with Gasteiger partial charge in [0.1, 0.15) is 0 Å². The lowest BCUT2D eigenvalue weighted by Crippen LogP contribution is -2.20. The Labute approximate surface area is 153 Å². The van der Waals surface area contributed by atoms with Gasteiger partial charge in [0.15, 0.2) is 0 Å². The van der Waals surface area contributed by atoms with E-state index in [1.165, 1.54) is 7.05 Å². The maximum absolute atomic E-state index is 12.0. The second-order valence-corrected chi connectivity index (χ2v) is 5.83. The fourth-order valence-electron chi connectivity index (χ4n) is 2.34. The molecule has 0 saturated carbocycles. The van der Waals surface area contributed by atoms with Gasteiger partial charge in [0.25, 0.3) is 0 Å². The predicted octanol–water partition coefficient (Wildman–Crippen LogP) is 2.72. The van der Waals surface area contributed by atoms with E-state index < -0.39 is 0 Å². The molecule has 0 aliphatic heterocycles. The lowest BCUT2D eigenvalue weighted by molar-refractivity contribution is -0.124. The molecule has 0 fully saturated rings. The molecule has 2 aromatic rings. The van der Waals surface area contributed by atoms with Crippen LogP contribution < -0.4 is 16.0 Å². The molecule has 136 valence electrons. The molecule has 0 unspecified atom stereocenters. The van der Waals surface area contributed by atoms with Crippen LogP contribution in [0, 0.1) is 0 Å². The number of amides is 3. The summed E-state index contributed by atoms with van der Waals surface area (Å²) in [5.41, 5.74) is 2.41. The van der Waals surface area contributed by atoms with Crippen LogP contribution in [0.3, 0.4) is 0 Å². The first-order valence-corrected chi connectivity index (χ1v) is 8.51. The number of carbonyl (C=O) groups is 3. The van der Waals surface area contributed by atoms with Crippen LogP contribution in [0.2, 0.25) is 0 Å². The fraction of sp³-hybridized carbons (Fsp3) is 0.250. The molecule has 0 aliphatic rings. The average molecular weight is 353 g/mol. The van der Waals surface area contributed by atoms with Crippen molar-refractivity contribution in [2.45, 2.75) is 25.7 Å². The molecule has 3 N–H and O–H groups in total. The van der Waals surface area contributed by atoms with Crippen LogP contribution in [0.25, 0.3) is 0 Å². The quantitative estimate of drug-likeness (QED) is 0.682. The monoisotopic (exact) mass is 353 g/mol. The van der Waals surface area contributed by atoms with Gasteiger partial charge < -0.3 is 16.0 Å². The first-order valence-electron chi connectivity index (χ1n) is 8.51. The topological polar surface area (TPSA) is 87.3 Å². The molecular weight excluding hydrogens is 330 g/mol. The number of aryl methyl sites for hydroxylation is 1. The highest BCUT2D eigenvalue weighted by Crippen LogP contribution is 2.14. The van der Waals surface area contributed by atoms with E-state index in [1.807, 2.05) is 30.3 Å². The Morgan fingerprint density at radius 2 is 1.19 bits per heavy atom. The average Bonchev–Trinajstić information content (AvgIpc) is 2.67. The van der Waals surface area contributed by atoms with Gasteiger partial charge in [0.05, 0.1) is 0 Å². The molecule has 0 saturated heterocycles. The molecule has 26 heavy (non-hydrogen) atoms. The number of nitrogens with one attached hydrogen (secondary N) is 3. The van der Waals surface area contributed by atoms with Crippen molar-refractivity contribution in [3.05, 3.63) is 60.2 Å². The number of carbonyl (C=O) groups excluding carboxylic acids is 3. The third kappa shape index (κ3) is 6.76. The molecule has 2 aromatic carbocycles. The van der Waals surface area contributed by atoms with E-state index in [4.69, 9.17) is 0 Å². The summed E-state index contributed by atoms with van der Waals surface area (Å²) in [6.45, 7) is 0. The first-order chi connectivity index (χ1) is 12.6. The van der Waals surface area contributed by atoms with Gasteiger partial charge >= 0.3 is 0 Å². The Hall–Kier alpha value is -3.15. The van der Waals surface area contributed by atoms with Gasteiger partial charge in [-0.15, -0.1) is 0 Å². The van der Waals surface area contributed by atoms with Gasteiger partial charge in [-0.3, -0.25) is 14.4 Å². The number of hydrogen-bond acceptors (Lipinski definition) is 3. The number of rotatable bonds is 8. The van der Waals surface area contributed by atoms with E-state index in [9.17, 15) is 14.4 Å². The van der Waals surface area contributed by atoms with Crippen molar-refractivity contribution in [3.63, 3.8) is 0 Å². The highest BCUT2D eigenvalue weighted by molar-refractivity contribution is 5.94. The van der Waals surface area contributed by atoms with Crippen LogP contribution >= 0.6 is 0 Å². The molecular formula is C20H23N3O3. The third-order valence-electron chi connectivity index (χ3n) is 3.79. The van der Waals surface area contributed by atoms with Crippen LogP contribution in [0.1, 0.15) is 24.8 Å². The van der Waals surface area contributed by atoms with E-state index in [0.29, 0.717) is 24.2 Å². The van der Waals surface area contributed by atoms with Crippen molar-refractivity contribution < 1.29 is 14.4 Å². The highest BCUT2D eigenvalue weighted by atomic mass is 16.2. The molecule has 3 amide bonds. The van der Waals surface area contributed by atoms with E-state index in [-0.39, 0.29) is 30.6 Å². The molecule has 0 bridgehead atoms. The van der Waals surface area contributed by atoms with Gasteiger partial charge in [-0.05, 0) is 36.2 Å². The van der Waals surface area contributed by atoms with Gasteiger partial charge in [-0.2, -0.15) is 0 Å². The number of hydrogen-bond donors (Lipinski definition) is 3. The third-order valence-corrected chi connectivity index (χ3v) is 3.79. The Balaban J connectivity index is 1.76. The van der Waals surface area contributed by atoms with Crippen molar-refractivity contribution in [1.29, 1.82) is 0 Å². The molecule has 0 atom stereocenters. The van der Waals surface area contributed by atoms with Crippen LogP contribution in [0.15, 0.2) is 54.6 Å². The fourth-order valence-corrected chi connectivity index (χ4v) is 2.34. The zero-order chi connectivity index (χ0) is 18.8. The molecule has 0 aliphatic carbocycles. The zero-order valence-corrected chi connectivity index (χ0v) is 14.7. The van der Waals surface area contributed by atoms with Crippen molar-refractivity contribution in [1.82, 2.24) is 5.32 Å². The Morgan fingerprint density at radius 3 is 1.73 bits per heavy atom. The Kier molecular flexibility index (Phi) is 7.36. The highest BCUT2D eigenvalue weighted by Gasteiger charge is 2.07. The van der Waals surface area contributed by atoms with Crippen LogP contribution in [-0.4, -0.2) is 24.8 Å². The summed E-state index contributed by atoms with van der Waals surface area (Å²) in [5.74, 6) is -0.460. The molecule has 0 heterocycles. The zero-order valence-electron chi connectivity index (χ0n) is 14.7. The second-order valence-electron chi connectivity index (χ2n) is 5.83. The summed E-state index contributed by atoms with van der Waals surface area (Å²) in [6.07, 6.45) is 1.36. The lowest BCUT2D eigenvalue weighted by atomic mass is 10.1. The predicted molar refractivity (Wildman–Crippen MR) is 102 cm³/mol. The minimum Gasteiger partial charge on any atom is -0.359 e. The van der Waals surface area contributed by atoms with Crippen LogP contribution in [0.5, 0.6) is 0 Å². The van der Waals surface area contributed by atoms with Crippen molar-refractivity contribution in [2.75, 3.05) is 17.7 Å². The standard InChI is InChI=1S/C20H23N3O3/c1-21-18(24)13-14-20(26)23-17-10-8-16(9-11-17)22-19(25)12-7-15-5-3-2-4-6-15/h2-6,8-11H,7,12-14H2,1H3,(H,21,24)(H,22,25)(H,23,26). The number of anilines is 2. The minimum atomic E-state index is -0.228. The smallest absolute Gasteiger partial charge is 0.224 e. The van der Waals surface area contributed by atoms with Crippen molar-refractivity contribution in [3.8, 4) is 0 Å². The maximum atomic E-state index is 12.0. The largest absolute Gasteiger partial charge is 0.359 e. The van der Waals surface area contributed by atoms with Crippen molar-refractivity contribution in [2.24, 2.45) is 0 Å². The number of benzene rings is 2. The molecule has 6 heteroatoms. The Morgan fingerprint density at radius 1 is 0.692 bits per heavy atom. The molecule has 2 rings (SSSR count). The lowest BCUT2D eigenvalue weighted by Gasteiger charge is -2.08. The maximum Gasteiger partial charge on any atom is 0.224 e. The van der Waals surface area contributed by atoms with E-state index in [1.54, 1.807) is 24.3 Å². The summed E-state index contributed by atoms with van der Waals surface area (Å²) in [5, 5.41) is 8.02. The van der Waals surface area contributed by atoms with E-state index >= 15 is 0 Å². The molecule has 0 aromatic heterocycles.